The van der Waals surface area contributed by atoms with Crippen LogP contribution in [0, 0.1) is 11.8 Å². The molecule has 178 valence electrons. The lowest BCUT2D eigenvalue weighted by Gasteiger charge is -2.28. The summed E-state index contributed by atoms with van der Waals surface area (Å²) >= 11 is 0. The molecule has 0 aliphatic heterocycles. The molecule has 8 N–H and O–H groups in total. The Kier molecular flexibility index (Phi) is 11.7. The molecule has 3 amide bonds. The number of carbonyl (C=O) groups excluding carboxylic acids is 3. The van der Waals surface area contributed by atoms with Crippen molar-refractivity contribution in [2.75, 3.05) is 0 Å². The highest BCUT2D eigenvalue weighted by molar-refractivity contribution is 5.95. The van der Waals surface area contributed by atoms with E-state index in [9.17, 15) is 34.2 Å². The van der Waals surface area contributed by atoms with Crippen LogP contribution in [0.1, 0.15) is 47.5 Å². The van der Waals surface area contributed by atoms with E-state index < -0.39 is 78.2 Å². The zero-order chi connectivity index (χ0) is 24.5. The highest BCUT2D eigenvalue weighted by Gasteiger charge is 2.34. The lowest BCUT2D eigenvalue weighted by Crippen LogP contribution is -2.60. The molecule has 0 radical (unpaired) electrons. The lowest BCUT2D eigenvalue weighted by atomic mass is 9.96. The summed E-state index contributed by atoms with van der Waals surface area (Å²) in [4.78, 5) is 60.0. The van der Waals surface area contributed by atoms with Gasteiger partial charge in [0.05, 0.1) is 12.5 Å². The minimum atomic E-state index is -1.56. The molecular formula is C19H34N4O8. The van der Waals surface area contributed by atoms with Gasteiger partial charge in [-0.2, -0.15) is 0 Å². The molecule has 0 heterocycles. The van der Waals surface area contributed by atoms with Crippen LogP contribution in [-0.2, 0) is 24.0 Å². The standard InChI is InChI=1S/C19H34N4O8/c1-6-9(4)15(18(29)22-14(8(2)3)19(30)31)23-16(27)11(7-12(25)26)21-17(28)13(20)10(5)24/h8-11,13-15,24H,6-7,20H2,1-5H3,(H,21,28)(H,22,29)(H,23,27)(H,25,26)(H,30,31). The molecule has 0 aliphatic rings. The summed E-state index contributed by atoms with van der Waals surface area (Å²) in [6, 6.07) is -5.30. The molecule has 0 saturated carbocycles. The Bertz CT molecular complexity index is 667. The SMILES string of the molecule is CCC(C)C(NC(=O)C(CC(=O)O)NC(=O)C(N)C(C)O)C(=O)NC(C(=O)O)C(C)C. The quantitative estimate of drug-likeness (QED) is 0.174. The number of carboxylic acids is 2. The Balaban J connectivity index is 5.59. The highest BCUT2D eigenvalue weighted by Crippen LogP contribution is 2.11. The van der Waals surface area contributed by atoms with Crippen molar-refractivity contribution < 1.29 is 39.3 Å². The number of nitrogens with two attached hydrogens (primary N) is 1. The number of aliphatic carboxylic acids is 2. The van der Waals surface area contributed by atoms with E-state index in [0.29, 0.717) is 6.42 Å². The van der Waals surface area contributed by atoms with Crippen molar-refractivity contribution in [3.8, 4) is 0 Å². The Labute approximate surface area is 180 Å². The summed E-state index contributed by atoms with van der Waals surface area (Å²) < 4.78 is 0. The average molecular weight is 447 g/mol. The third-order valence-electron chi connectivity index (χ3n) is 4.86. The number of aliphatic hydroxyl groups excluding tert-OH is 1. The fraction of sp³-hybridized carbons (Fsp3) is 0.737. The first-order valence-electron chi connectivity index (χ1n) is 10.0. The van der Waals surface area contributed by atoms with Gasteiger partial charge in [-0.3, -0.25) is 19.2 Å². The maximum absolute atomic E-state index is 12.7. The monoisotopic (exact) mass is 446 g/mol. The molecule has 12 heteroatoms. The lowest BCUT2D eigenvalue weighted by molar-refractivity contribution is -0.144. The molecule has 0 fully saturated rings. The van der Waals surface area contributed by atoms with E-state index in [1.165, 1.54) is 6.92 Å². The molecule has 0 aliphatic carbocycles. The van der Waals surface area contributed by atoms with E-state index in [-0.39, 0.29) is 0 Å². The van der Waals surface area contributed by atoms with Gasteiger partial charge >= 0.3 is 11.9 Å². The fourth-order valence-electron chi connectivity index (χ4n) is 2.58. The van der Waals surface area contributed by atoms with Crippen LogP contribution in [0.15, 0.2) is 0 Å². The number of rotatable bonds is 13. The Morgan fingerprint density at radius 3 is 1.74 bits per heavy atom. The normalized spacial score (nSPS) is 16.9. The summed E-state index contributed by atoms with van der Waals surface area (Å²) in [7, 11) is 0. The van der Waals surface area contributed by atoms with Gasteiger partial charge in [0.2, 0.25) is 17.7 Å². The summed E-state index contributed by atoms with van der Waals surface area (Å²) in [6.45, 7) is 7.89. The molecule has 6 unspecified atom stereocenters. The van der Waals surface area contributed by atoms with Crippen LogP contribution in [-0.4, -0.2) is 75.3 Å². The van der Waals surface area contributed by atoms with Crippen molar-refractivity contribution in [3.63, 3.8) is 0 Å². The number of amides is 3. The van der Waals surface area contributed by atoms with Gasteiger partial charge in [0.25, 0.3) is 0 Å². The van der Waals surface area contributed by atoms with E-state index in [2.05, 4.69) is 16.0 Å². The highest BCUT2D eigenvalue weighted by atomic mass is 16.4. The fourth-order valence-corrected chi connectivity index (χ4v) is 2.58. The smallest absolute Gasteiger partial charge is 0.326 e. The predicted molar refractivity (Wildman–Crippen MR) is 110 cm³/mol. The van der Waals surface area contributed by atoms with Crippen LogP contribution in [0.3, 0.4) is 0 Å². The van der Waals surface area contributed by atoms with E-state index in [4.69, 9.17) is 10.8 Å². The third-order valence-corrected chi connectivity index (χ3v) is 4.86. The van der Waals surface area contributed by atoms with E-state index in [1.807, 2.05) is 0 Å². The van der Waals surface area contributed by atoms with Crippen molar-refractivity contribution in [2.24, 2.45) is 17.6 Å². The molecule has 12 nitrogen and oxygen atoms in total. The largest absolute Gasteiger partial charge is 0.481 e. The molecule has 6 atom stereocenters. The first-order valence-corrected chi connectivity index (χ1v) is 10.0. The van der Waals surface area contributed by atoms with Crippen molar-refractivity contribution in [3.05, 3.63) is 0 Å². The first kappa shape index (κ1) is 28.3. The van der Waals surface area contributed by atoms with Crippen LogP contribution >= 0.6 is 0 Å². The van der Waals surface area contributed by atoms with Gasteiger partial charge in [-0.15, -0.1) is 0 Å². The zero-order valence-corrected chi connectivity index (χ0v) is 18.4. The number of nitrogens with one attached hydrogen (secondary N) is 3. The van der Waals surface area contributed by atoms with Crippen molar-refractivity contribution >= 4 is 29.7 Å². The molecular weight excluding hydrogens is 412 g/mol. The number of hydrogen-bond donors (Lipinski definition) is 7. The van der Waals surface area contributed by atoms with Gasteiger partial charge in [-0.25, -0.2) is 4.79 Å². The first-order chi connectivity index (χ1) is 14.2. The summed E-state index contributed by atoms with van der Waals surface area (Å²) in [5, 5.41) is 34.7. The second-order valence-corrected chi connectivity index (χ2v) is 7.87. The molecule has 0 aromatic carbocycles. The van der Waals surface area contributed by atoms with E-state index in [1.54, 1.807) is 27.7 Å². The molecule has 0 bridgehead atoms. The topological polar surface area (TPSA) is 208 Å². The summed E-state index contributed by atoms with van der Waals surface area (Å²) in [5.41, 5.74) is 5.51. The third kappa shape index (κ3) is 9.30. The van der Waals surface area contributed by atoms with Gasteiger partial charge in [-0.05, 0) is 18.8 Å². The number of hydrogen-bond acceptors (Lipinski definition) is 7. The van der Waals surface area contributed by atoms with Gasteiger partial charge in [0, 0.05) is 0 Å². The van der Waals surface area contributed by atoms with Crippen LogP contribution in [0.25, 0.3) is 0 Å². The molecule has 0 saturated heterocycles. The number of carboxylic acid groups (broad SMARTS) is 2. The van der Waals surface area contributed by atoms with Crippen LogP contribution in [0.5, 0.6) is 0 Å². The summed E-state index contributed by atoms with van der Waals surface area (Å²) in [6.07, 6.45) is -1.58. The van der Waals surface area contributed by atoms with Gasteiger partial charge in [-0.1, -0.05) is 34.1 Å². The van der Waals surface area contributed by atoms with E-state index >= 15 is 0 Å². The Hall–Kier alpha value is -2.73. The van der Waals surface area contributed by atoms with Gasteiger partial charge in [0.15, 0.2) is 0 Å². The van der Waals surface area contributed by atoms with Crippen molar-refractivity contribution in [2.45, 2.75) is 77.7 Å². The van der Waals surface area contributed by atoms with Gasteiger partial charge in [0.1, 0.15) is 24.2 Å². The number of carbonyl (C=O) groups is 5. The minimum absolute atomic E-state index is 0.421. The van der Waals surface area contributed by atoms with E-state index in [0.717, 1.165) is 0 Å². The van der Waals surface area contributed by atoms with Crippen LogP contribution in [0.2, 0.25) is 0 Å². The summed E-state index contributed by atoms with van der Waals surface area (Å²) in [5.74, 6) is -6.11. The average Bonchev–Trinajstić information content (AvgIpc) is 2.66. The molecule has 0 aromatic heterocycles. The molecule has 0 spiro atoms. The minimum Gasteiger partial charge on any atom is -0.481 e. The second kappa shape index (κ2) is 12.8. The zero-order valence-electron chi connectivity index (χ0n) is 18.4. The Morgan fingerprint density at radius 1 is 0.839 bits per heavy atom. The molecule has 0 aromatic rings. The Morgan fingerprint density at radius 2 is 1.35 bits per heavy atom. The number of aliphatic hydroxyl groups is 1. The maximum atomic E-state index is 12.7. The maximum Gasteiger partial charge on any atom is 0.326 e. The van der Waals surface area contributed by atoms with Crippen LogP contribution < -0.4 is 21.7 Å². The van der Waals surface area contributed by atoms with Crippen molar-refractivity contribution in [1.82, 2.24) is 16.0 Å². The van der Waals surface area contributed by atoms with Crippen molar-refractivity contribution in [1.29, 1.82) is 0 Å². The second-order valence-electron chi connectivity index (χ2n) is 7.87. The molecule has 0 rings (SSSR count). The molecule has 31 heavy (non-hydrogen) atoms. The van der Waals surface area contributed by atoms with Gasteiger partial charge < -0.3 is 37.0 Å². The van der Waals surface area contributed by atoms with Crippen LogP contribution in [0.4, 0.5) is 0 Å². The predicted octanol–water partition coefficient (Wildman–Crippen LogP) is -1.59.